The second kappa shape index (κ2) is 7.50. The Hall–Kier alpha value is -1.82. The number of hydrogen-bond donors (Lipinski definition) is 1. The van der Waals surface area contributed by atoms with E-state index in [0.717, 1.165) is 12.0 Å². The summed E-state index contributed by atoms with van der Waals surface area (Å²) < 4.78 is 0. The zero-order valence-corrected chi connectivity index (χ0v) is 11.0. The first-order valence-corrected chi connectivity index (χ1v) is 6.34. The summed E-state index contributed by atoms with van der Waals surface area (Å²) >= 11 is 0. The van der Waals surface area contributed by atoms with Gasteiger partial charge in [0.2, 0.25) is 5.91 Å². The second-order valence-corrected chi connectivity index (χ2v) is 4.83. The molecule has 1 rings (SSSR count). The summed E-state index contributed by atoms with van der Waals surface area (Å²) in [4.78, 5) is 11.7. The summed E-state index contributed by atoms with van der Waals surface area (Å²) in [6.07, 6.45) is 1.20. The van der Waals surface area contributed by atoms with E-state index in [1.807, 2.05) is 30.3 Å². The number of nitrogens with zero attached hydrogens (tertiary/aromatic N) is 1. The van der Waals surface area contributed by atoms with E-state index in [4.69, 9.17) is 5.26 Å². The van der Waals surface area contributed by atoms with E-state index in [9.17, 15) is 4.79 Å². The van der Waals surface area contributed by atoms with Crippen LogP contribution in [-0.2, 0) is 4.79 Å². The van der Waals surface area contributed by atoms with Gasteiger partial charge < -0.3 is 5.32 Å². The molecule has 1 aromatic rings. The topological polar surface area (TPSA) is 52.9 Å². The summed E-state index contributed by atoms with van der Waals surface area (Å²) in [7, 11) is 0. The maximum atomic E-state index is 11.7. The van der Waals surface area contributed by atoms with Crippen molar-refractivity contribution in [2.45, 2.75) is 32.6 Å². The van der Waals surface area contributed by atoms with Crippen LogP contribution < -0.4 is 5.32 Å². The van der Waals surface area contributed by atoms with Crippen molar-refractivity contribution in [3.05, 3.63) is 35.9 Å². The van der Waals surface area contributed by atoms with Gasteiger partial charge in [-0.3, -0.25) is 4.79 Å². The Morgan fingerprint density at radius 1 is 1.33 bits per heavy atom. The first-order chi connectivity index (χ1) is 8.63. The number of amides is 1. The monoisotopic (exact) mass is 244 g/mol. The minimum atomic E-state index is -0.356. The van der Waals surface area contributed by atoms with E-state index in [1.54, 1.807) is 0 Å². The summed E-state index contributed by atoms with van der Waals surface area (Å²) in [5.74, 6) is 0.169. The molecule has 0 aliphatic rings. The van der Waals surface area contributed by atoms with Crippen LogP contribution in [0.2, 0.25) is 0 Å². The van der Waals surface area contributed by atoms with Gasteiger partial charge in [0, 0.05) is 13.0 Å². The van der Waals surface area contributed by atoms with Crippen molar-refractivity contribution in [2.75, 3.05) is 6.54 Å². The van der Waals surface area contributed by atoms with Crippen LogP contribution >= 0.6 is 0 Å². The van der Waals surface area contributed by atoms with Crippen LogP contribution in [0, 0.1) is 17.2 Å². The molecule has 1 atom stereocenters. The van der Waals surface area contributed by atoms with Gasteiger partial charge in [0.1, 0.15) is 0 Å². The van der Waals surface area contributed by atoms with Crippen molar-refractivity contribution < 1.29 is 4.79 Å². The van der Waals surface area contributed by atoms with Crippen LogP contribution in [0.1, 0.15) is 38.2 Å². The second-order valence-electron chi connectivity index (χ2n) is 4.83. The normalized spacial score (nSPS) is 11.9. The molecule has 1 unspecified atom stereocenters. The standard InChI is InChI=1S/C15H20N2O/c1-12(2)8-9-17-15(18)10-14(11-16)13-6-4-3-5-7-13/h3-7,12,14H,8-10H2,1-2H3,(H,17,18). The molecule has 0 aliphatic heterocycles. The minimum Gasteiger partial charge on any atom is -0.356 e. The molecule has 1 aromatic carbocycles. The predicted octanol–water partition coefficient (Wildman–Crippen LogP) is 2.85. The van der Waals surface area contributed by atoms with Gasteiger partial charge in [-0.1, -0.05) is 44.2 Å². The van der Waals surface area contributed by atoms with Crippen LogP contribution in [0.3, 0.4) is 0 Å². The highest BCUT2D eigenvalue weighted by Crippen LogP contribution is 2.18. The SMILES string of the molecule is CC(C)CCNC(=O)CC(C#N)c1ccccc1. The van der Waals surface area contributed by atoms with Crippen LogP contribution in [0.5, 0.6) is 0 Å². The molecule has 18 heavy (non-hydrogen) atoms. The van der Waals surface area contributed by atoms with Crippen LogP contribution in [-0.4, -0.2) is 12.5 Å². The molecule has 0 bridgehead atoms. The Bertz CT molecular complexity index is 406. The lowest BCUT2D eigenvalue weighted by Gasteiger charge is -2.10. The number of nitrogens with one attached hydrogen (secondary N) is 1. The van der Waals surface area contributed by atoms with Gasteiger partial charge in [0.25, 0.3) is 0 Å². The maximum absolute atomic E-state index is 11.7. The summed E-state index contributed by atoms with van der Waals surface area (Å²) in [5.41, 5.74) is 0.902. The molecule has 1 N–H and O–H groups in total. The molecular weight excluding hydrogens is 224 g/mol. The molecule has 96 valence electrons. The average molecular weight is 244 g/mol. The smallest absolute Gasteiger partial charge is 0.221 e. The molecule has 0 radical (unpaired) electrons. The molecule has 1 amide bonds. The summed E-state index contributed by atoms with van der Waals surface area (Å²) in [6, 6.07) is 11.6. The molecule has 0 aliphatic carbocycles. The Kier molecular flexibility index (Phi) is 5.93. The van der Waals surface area contributed by atoms with Gasteiger partial charge in [-0.25, -0.2) is 0 Å². The quantitative estimate of drug-likeness (QED) is 0.836. The van der Waals surface area contributed by atoms with Crippen molar-refractivity contribution in [1.82, 2.24) is 5.32 Å². The lowest BCUT2D eigenvalue weighted by molar-refractivity contribution is -0.121. The lowest BCUT2D eigenvalue weighted by atomic mass is 9.97. The molecule has 0 aromatic heterocycles. The third-order valence-corrected chi connectivity index (χ3v) is 2.79. The maximum Gasteiger partial charge on any atom is 0.221 e. The van der Waals surface area contributed by atoms with Gasteiger partial charge in [-0.05, 0) is 17.9 Å². The highest BCUT2D eigenvalue weighted by Gasteiger charge is 2.14. The Morgan fingerprint density at radius 3 is 2.56 bits per heavy atom. The van der Waals surface area contributed by atoms with E-state index < -0.39 is 0 Å². The van der Waals surface area contributed by atoms with E-state index in [1.165, 1.54) is 0 Å². The first-order valence-electron chi connectivity index (χ1n) is 6.34. The van der Waals surface area contributed by atoms with Crippen LogP contribution in [0.15, 0.2) is 30.3 Å². The number of nitriles is 1. The van der Waals surface area contributed by atoms with Gasteiger partial charge in [-0.2, -0.15) is 5.26 Å². The van der Waals surface area contributed by atoms with Crippen molar-refractivity contribution in [2.24, 2.45) is 5.92 Å². The number of carbonyl (C=O) groups is 1. The third-order valence-electron chi connectivity index (χ3n) is 2.79. The van der Waals surface area contributed by atoms with Gasteiger partial charge in [0.05, 0.1) is 12.0 Å². The largest absolute Gasteiger partial charge is 0.356 e. The highest BCUT2D eigenvalue weighted by molar-refractivity contribution is 5.77. The molecule has 0 heterocycles. The van der Waals surface area contributed by atoms with Gasteiger partial charge in [0.15, 0.2) is 0 Å². The lowest BCUT2D eigenvalue weighted by Crippen LogP contribution is -2.26. The Morgan fingerprint density at radius 2 is 2.00 bits per heavy atom. The van der Waals surface area contributed by atoms with E-state index >= 15 is 0 Å². The molecule has 3 nitrogen and oxygen atoms in total. The molecule has 0 spiro atoms. The third kappa shape index (κ3) is 5.01. The van der Waals surface area contributed by atoms with E-state index in [2.05, 4.69) is 25.2 Å². The fraction of sp³-hybridized carbons (Fsp3) is 0.467. The van der Waals surface area contributed by atoms with Crippen molar-refractivity contribution in [3.8, 4) is 6.07 Å². The zero-order chi connectivity index (χ0) is 13.4. The fourth-order valence-corrected chi connectivity index (χ4v) is 1.68. The number of rotatable bonds is 6. The van der Waals surface area contributed by atoms with Crippen molar-refractivity contribution in [3.63, 3.8) is 0 Å². The molecule has 0 saturated heterocycles. The van der Waals surface area contributed by atoms with Crippen molar-refractivity contribution >= 4 is 5.91 Å². The zero-order valence-electron chi connectivity index (χ0n) is 11.0. The Labute approximate surface area is 109 Å². The van der Waals surface area contributed by atoms with E-state index in [0.29, 0.717) is 12.5 Å². The van der Waals surface area contributed by atoms with Crippen LogP contribution in [0.25, 0.3) is 0 Å². The number of hydrogen-bond acceptors (Lipinski definition) is 2. The molecular formula is C15H20N2O. The Balaban J connectivity index is 2.45. The van der Waals surface area contributed by atoms with E-state index in [-0.39, 0.29) is 18.2 Å². The number of benzene rings is 1. The molecule has 3 heteroatoms. The number of carbonyl (C=O) groups excluding carboxylic acids is 1. The van der Waals surface area contributed by atoms with Gasteiger partial charge in [-0.15, -0.1) is 0 Å². The average Bonchev–Trinajstić information content (AvgIpc) is 2.36. The molecule has 0 saturated carbocycles. The van der Waals surface area contributed by atoms with Crippen molar-refractivity contribution in [1.29, 1.82) is 5.26 Å². The predicted molar refractivity (Wildman–Crippen MR) is 71.9 cm³/mol. The molecule has 0 fully saturated rings. The summed E-state index contributed by atoms with van der Waals surface area (Å²) in [5, 5.41) is 12.0. The van der Waals surface area contributed by atoms with Crippen LogP contribution in [0.4, 0.5) is 0 Å². The highest BCUT2D eigenvalue weighted by atomic mass is 16.1. The fourth-order valence-electron chi connectivity index (χ4n) is 1.68. The summed E-state index contributed by atoms with van der Waals surface area (Å²) in [6.45, 7) is 4.92. The van der Waals surface area contributed by atoms with Gasteiger partial charge >= 0.3 is 0 Å². The minimum absolute atomic E-state index is 0.0500. The first kappa shape index (κ1) is 14.2.